The van der Waals surface area contributed by atoms with Crippen LogP contribution in [0.4, 0.5) is 0 Å². The van der Waals surface area contributed by atoms with Gasteiger partial charge in [0.1, 0.15) is 5.75 Å². The molecule has 4 aromatic rings. The molecule has 2 aromatic heterocycles. The molecule has 0 bridgehead atoms. The molecule has 25 heavy (non-hydrogen) atoms. The van der Waals surface area contributed by atoms with Crippen molar-refractivity contribution in [1.82, 2.24) is 19.8 Å². The van der Waals surface area contributed by atoms with Gasteiger partial charge in [0, 0.05) is 11.6 Å². The molecular weight excluding hydrogens is 340 g/mol. The number of rotatable bonds is 4. The third kappa shape index (κ3) is 3.05. The van der Waals surface area contributed by atoms with Crippen molar-refractivity contribution in [2.75, 3.05) is 0 Å². The van der Waals surface area contributed by atoms with Crippen molar-refractivity contribution < 1.29 is 9.84 Å². The Balaban J connectivity index is 1.78. The first-order valence-electron chi connectivity index (χ1n) is 7.59. The molecule has 0 spiro atoms. The van der Waals surface area contributed by atoms with E-state index in [1.54, 1.807) is 18.2 Å². The smallest absolute Gasteiger partial charge is 0.246 e. The summed E-state index contributed by atoms with van der Waals surface area (Å²) < 4.78 is 7.38. The Morgan fingerprint density at radius 2 is 1.84 bits per heavy atom. The molecule has 0 aliphatic rings. The van der Waals surface area contributed by atoms with E-state index in [1.807, 2.05) is 42.5 Å². The molecule has 1 N–H and O–H groups in total. The molecule has 2 heterocycles. The predicted octanol–water partition coefficient (Wildman–Crippen LogP) is 3.73. The van der Waals surface area contributed by atoms with Crippen molar-refractivity contribution in [3.8, 4) is 22.8 Å². The van der Waals surface area contributed by atoms with Gasteiger partial charge in [-0.15, -0.1) is 15.3 Å². The Hall–Kier alpha value is -2.96. The number of aliphatic hydroxyl groups excluding tert-OH is 1. The van der Waals surface area contributed by atoms with Crippen LogP contribution in [0.3, 0.4) is 0 Å². The SMILES string of the molecule is OCc1ccc(-c2ccccc2)c(Oc2ccc3nnc(Cl)n3n2)c1. The standard InChI is InChI=1S/C18H13ClN4O2/c19-18-21-20-16-8-9-17(22-23(16)18)25-15-10-12(11-24)6-7-14(15)13-4-2-1-3-5-13/h1-10,24H,11H2. The molecule has 0 saturated carbocycles. The topological polar surface area (TPSA) is 72.5 Å². The highest BCUT2D eigenvalue weighted by Gasteiger charge is 2.11. The number of aromatic nitrogens is 4. The van der Waals surface area contributed by atoms with E-state index in [0.29, 0.717) is 17.3 Å². The minimum atomic E-state index is -0.0742. The van der Waals surface area contributed by atoms with Gasteiger partial charge in [-0.05, 0) is 34.9 Å². The lowest BCUT2D eigenvalue weighted by atomic mass is 10.0. The van der Waals surface area contributed by atoms with Crippen molar-refractivity contribution in [2.45, 2.75) is 6.61 Å². The third-order valence-electron chi connectivity index (χ3n) is 3.73. The molecule has 0 aliphatic heterocycles. The fourth-order valence-corrected chi connectivity index (χ4v) is 2.68. The largest absolute Gasteiger partial charge is 0.437 e. The lowest BCUT2D eigenvalue weighted by Crippen LogP contribution is -1.97. The molecule has 0 fully saturated rings. The van der Waals surface area contributed by atoms with Gasteiger partial charge in [-0.25, -0.2) is 0 Å². The van der Waals surface area contributed by atoms with E-state index in [-0.39, 0.29) is 11.9 Å². The first kappa shape index (κ1) is 15.6. The van der Waals surface area contributed by atoms with E-state index in [0.717, 1.165) is 16.7 Å². The molecule has 6 nitrogen and oxygen atoms in total. The second-order valence-corrected chi connectivity index (χ2v) is 5.71. The summed E-state index contributed by atoms with van der Waals surface area (Å²) in [7, 11) is 0. The molecule has 0 saturated heterocycles. The maximum absolute atomic E-state index is 9.43. The van der Waals surface area contributed by atoms with Gasteiger partial charge in [0.2, 0.25) is 11.2 Å². The summed E-state index contributed by atoms with van der Waals surface area (Å²) >= 11 is 5.96. The van der Waals surface area contributed by atoms with Gasteiger partial charge in [-0.2, -0.15) is 4.52 Å². The van der Waals surface area contributed by atoms with E-state index < -0.39 is 0 Å². The summed E-state index contributed by atoms with van der Waals surface area (Å²) in [5, 5.41) is 21.5. The van der Waals surface area contributed by atoms with Gasteiger partial charge in [0.05, 0.1) is 6.61 Å². The van der Waals surface area contributed by atoms with E-state index in [9.17, 15) is 5.11 Å². The minimum absolute atomic E-state index is 0.0742. The fourth-order valence-electron chi connectivity index (χ4n) is 2.52. The van der Waals surface area contributed by atoms with Crippen LogP contribution in [-0.2, 0) is 6.61 Å². The van der Waals surface area contributed by atoms with Crippen molar-refractivity contribution in [1.29, 1.82) is 0 Å². The molecule has 4 rings (SSSR count). The fraction of sp³-hybridized carbons (Fsp3) is 0.0556. The second kappa shape index (κ2) is 6.51. The molecule has 124 valence electrons. The van der Waals surface area contributed by atoms with E-state index >= 15 is 0 Å². The molecule has 0 unspecified atom stereocenters. The Kier molecular flexibility index (Phi) is 4.05. The van der Waals surface area contributed by atoms with Crippen LogP contribution in [0, 0.1) is 0 Å². The Bertz CT molecular complexity index is 1030. The first-order chi connectivity index (χ1) is 12.2. The highest BCUT2D eigenvalue weighted by atomic mass is 35.5. The predicted molar refractivity (Wildman–Crippen MR) is 93.7 cm³/mol. The number of ether oxygens (including phenoxy) is 1. The lowest BCUT2D eigenvalue weighted by Gasteiger charge is -2.12. The second-order valence-electron chi connectivity index (χ2n) is 5.37. The maximum atomic E-state index is 9.43. The van der Waals surface area contributed by atoms with E-state index in [4.69, 9.17) is 16.3 Å². The van der Waals surface area contributed by atoms with Gasteiger partial charge >= 0.3 is 0 Å². The Labute approximate surface area is 148 Å². The van der Waals surface area contributed by atoms with Crippen LogP contribution in [0.2, 0.25) is 5.28 Å². The van der Waals surface area contributed by atoms with Gasteiger partial charge in [0.15, 0.2) is 5.65 Å². The Morgan fingerprint density at radius 1 is 1.00 bits per heavy atom. The van der Waals surface area contributed by atoms with Gasteiger partial charge in [0.25, 0.3) is 0 Å². The number of fused-ring (bicyclic) bond motifs is 1. The summed E-state index contributed by atoms with van der Waals surface area (Å²) in [6, 6.07) is 18.9. The van der Waals surface area contributed by atoms with Gasteiger partial charge in [-0.1, -0.05) is 42.5 Å². The lowest BCUT2D eigenvalue weighted by molar-refractivity contribution is 0.281. The van der Waals surface area contributed by atoms with Gasteiger partial charge < -0.3 is 9.84 Å². The number of benzene rings is 2. The van der Waals surface area contributed by atoms with Crippen LogP contribution in [0.25, 0.3) is 16.8 Å². The molecule has 0 radical (unpaired) electrons. The van der Waals surface area contributed by atoms with Crippen molar-refractivity contribution in [3.63, 3.8) is 0 Å². The average Bonchev–Trinajstić information content (AvgIpc) is 3.03. The quantitative estimate of drug-likeness (QED) is 0.606. The Morgan fingerprint density at radius 3 is 2.64 bits per heavy atom. The zero-order valence-corrected chi connectivity index (χ0v) is 13.8. The minimum Gasteiger partial charge on any atom is -0.437 e. The molecule has 0 aliphatic carbocycles. The van der Waals surface area contributed by atoms with Crippen molar-refractivity contribution in [2.24, 2.45) is 0 Å². The molecule has 7 heteroatoms. The van der Waals surface area contributed by atoms with Gasteiger partial charge in [-0.3, -0.25) is 0 Å². The van der Waals surface area contributed by atoms with Crippen LogP contribution < -0.4 is 4.74 Å². The van der Waals surface area contributed by atoms with Crippen LogP contribution in [-0.4, -0.2) is 24.9 Å². The monoisotopic (exact) mass is 352 g/mol. The van der Waals surface area contributed by atoms with Crippen LogP contribution in [0.5, 0.6) is 11.6 Å². The summed E-state index contributed by atoms with van der Waals surface area (Å²) in [4.78, 5) is 0. The van der Waals surface area contributed by atoms with Crippen molar-refractivity contribution in [3.05, 3.63) is 71.5 Å². The summed E-state index contributed by atoms with van der Waals surface area (Å²) in [6.45, 7) is -0.0742. The number of hydrogen-bond acceptors (Lipinski definition) is 5. The third-order valence-corrected chi connectivity index (χ3v) is 3.96. The molecule has 0 amide bonds. The summed E-state index contributed by atoms with van der Waals surface area (Å²) in [5.74, 6) is 0.940. The van der Waals surface area contributed by atoms with Crippen LogP contribution >= 0.6 is 11.6 Å². The van der Waals surface area contributed by atoms with E-state index in [1.165, 1.54) is 4.52 Å². The highest BCUT2D eigenvalue weighted by molar-refractivity contribution is 6.28. The number of hydrogen-bond donors (Lipinski definition) is 1. The zero-order chi connectivity index (χ0) is 17.2. The molecular formula is C18H13ClN4O2. The maximum Gasteiger partial charge on any atom is 0.246 e. The van der Waals surface area contributed by atoms with Crippen LogP contribution in [0.15, 0.2) is 60.7 Å². The number of aliphatic hydroxyl groups is 1. The molecule has 2 aromatic carbocycles. The average molecular weight is 353 g/mol. The zero-order valence-electron chi connectivity index (χ0n) is 13.0. The summed E-state index contributed by atoms with van der Waals surface area (Å²) in [6.07, 6.45) is 0. The van der Waals surface area contributed by atoms with Crippen LogP contribution in [0.1, 0.15) is 5.56 Å². The highest BCUT2D eigenvalue weighted by Crippen LogP contribution is 2.33. The van der Waals surface area contributed by atoms with E-state index in [2.05, 4.69) is 15.3 Å². The molecule has 0 atom stereocenters. The first-order valence-corrected chi connectivity index (χ1v) is 7.97. The normalized spacial score (nSPS) is 11.0. The number of nitrogens with zero attached hydrogens (tertiary/aromatic N) is 4. The summed E-state index contributed by atoms with van der Waals surface area (Å²) in [5.41, 5.74) is 3.18. The number of halogens is 1. The van der Waals surface area contributed by atoms with Crippen molar-refractivity contribution >= 4 is 17.2 Å².